The Kier molecular flexibility index (Phi) is 88.0. The van der Waals surface area contributed by atoms with Crippen molar-refractivity contribution in [2.24, 2.45) is 93.6 Å². The molecule has 822 valence electrons. The summed E-state index contributed by atoms with van der Waals surface area (Å²) in [4.78, 5) is 25.6. The van der Waals surface area contributed by atoms with E-state index < -0.39 is 0 Å². The van der Waals surface area contributed by atoms with Crippen molar-refractivity contribution in [3.05, 3.63) is 0 Å². The molecule has 0 heterocycles. The lowest BCUT2D eigenvalue weighted by molar-refractivity contribution is 0.141. The second-order valence-electron chi connectivity index (χ2n) is 59.3. The highest BCUT2D eigenvalue weighted by Crippen LogP contribution is 2.32. The van der Waals surface area contributed by atoms with Gasteiger partial charge in [0.2, 0.25) is 0 Å². The summed E-state index contributed by atoms with van der Waals surface area (Å²) in [6, 6.07) is 0.684. The van der Waals surface area contributed by atoms with Crippen LogP contribution in [0.2, 0.25) is 0 Å². The van der Waals surface area contributed by atoms with Crippen LogP contribution in [0.5, 0.6) is 0 Å². The van der Waals surface area contributed by atoms with Crippen molar-refractivity contribution in [2.75, 3.05) is 196 Å². The van der Waals surface area contributed by atoms with Crippen LogP contribution in [-0.4, -0.2) is 257 Å². The molecule has 0 aromatic carbocycles. The van der Waals surface area contributed by atoms with Gasteiger partial charge in [-0.2, -0.15) is 0 Å². The first-order valence-electron chi connectivity index (χ1n) is 57.1. The Morgan fingerprint density at radius 2 is 0.485 bits per heavy atom. The second-order valence-corrected chi connectivity index (χ2v) is 59.3. The zero-order valence-electron chi connectivity index (χ0n) is 106. The van der Waals surface area contributed by atoms with Crippen LogP contribution in [0.1, 0.15) is 511 Å². The molecule has 1 aliphatic rings. The van der Waals surface area contributed by atoms with Crippen molar-refractivity contribution in [1.82, 2.24) is 49.0 Å². The lowest BCUT2D eigenvalue weighted by Crippen LogP contribution is -2.38. The Labute approximate surface area is 856 Å². The van der Waals surface area contributed by atoms with Gasteiger partial charge >= 0.3 is 0 Å². The largest absolute Gasteiger partial charge is 0.395 e. The first-order valence-corrected chi connectivity index (χ1v) is 57.1. The normalized spacial score (nSPS) is 14.1. The lowest BCUT2D eigenvalue weighted by atomic mass is 9.84. The van der Waals surface area contributed by atoms with Gasteiger partial charge in [0.15, 0.2) is 0 Å². The zero-order valence-corrected chi connectivity index (χ0v) is 106. The maximum Gasteiger partial charge on any atom is 0.0558 e. The molecule has 134 heavy (non-hydrogen) atoms. The van der Waals surface area contributed by atoms with Crippen LogP contribution in [-0.2, 0) is 0 Å². The SMILES string of the molecule is CCCC(C)CN(CC)CC(C)(C)C.CCCCN(CCC)CC(C)(C)C.CCCN(CC(C)(C)C)C(C)C.CCCN(CC(C)(C)C)CC(C)(C)C.CCCN(CC1CC1)CC(C)(C)C.CCCN(CCC)CC(C)(C)C.CCCN(CCO)CC(C)(C)C.CCN(CC(C)(C)C)CC(C)(C)C.CCN(CCC(C)(C)C)CC(C)(C)C.CCN(CCC(C)CC(C)(C)C)CC(C)(C)C. The maximum atomic E-state index is 8.82. The Bertz CT molecular complexity index is 2380. The van der Waals surface area contributed by atoms with Gasteiger partial charge in [-0.15, -0.1) is 0 Å². The van der Waals surface area contributed by atoms with E-state index >= 15 is 0 Å². The number of hydrogen-bond donors (Lipinski definition) is 1. The van der Waals surface area contributed by atoms with E-state index in [0.717, 1.165) is 50.4 Å². The van der Waals surface area contributed by atoms with Crippen molar-refractivity contribution < 1.29 is 5.11 Å². The third-order valence-electron chi connectivity index (χ3n) is 21.5. The summed E-state index contributed by atoms with van der Waals surface area (Å²) in [5.41, 5.74) is 6.01. The fourth-order valence-corrected chi connectivity index (χ4v) is 17.5. The molecule has 1 saturated carbocycles. The van der Waals surface area contributed by atoms with Crippen LogP contribution in [0.15, 0.2) is 0 Å². The lowest BCUT2D eigenvalue weighted by Gasteiger charge is -2.34. The number of aliphatic hydroxyl groups is 1. The van der Waals surface area contributed by atoms with Crippen molar-refractivity contribution >= 4 is 0 Å². The molecule has 1 rings (SSSR count). The minimum absolute atomic E-state index is 0.274. The molecule has 0 bridgehead atoms. The summed E-state index contributed by atoms with van der Waals surface area (Å²) in [5.74, 6) is 2.72. The van der Waals surface area contributed by atoms with Crippen molar-refractivity contribution in [2.45, 2.75) is 517 Å². The van der Waals surface area contributed by atoms with Gasteiger partial charge in [-0.05, 0) is 289 Å². The topological polar surface area (TPSA) is 52.6 Å². The first kappa shape index (κ1) is 151. The Morgan fingerprint density at radius 1 is 0.224 bits per heavy atom. The molecule has 0 saturated heterocycles. The molecule has 0 radical (unpaired) electrons. The van der Waals surface area contributed by atoms with E-state index in [1.807, 2.05) is 0 Å². The maximum absolute atomic E-state index is 8.82. The molecule has 0 aliphatic heterocycles. The minimum Gasteiger partial charge on any atom is -0.395 e. The molecular formula is C123H274N10O. The summed E-state index contributed by atoms with van der Waals surface area (Å²) < 4.78 is 0. The van der Waals surface area contributed by atoms with Gasteiger partial charge in [-0.25, -0.2) is 0 Å². The van der Waals surface area contributed by atoms with Crippen LogP contribution in [0.25, 0.3) is 0 Å². The summed E-state index contributed by atoms with van der Waals surface area (Å²) in [5, 5.41) is 8.82. The first-order chi connectivity index (χ1) is 60.2. The average molecular weight is 1910 g/mol. The third kappa shape index (κ3) is 134. The third-order valence-corrected chi connectivity index (χ3v) is 21.5. The molecule has 2 unspecified atom stereocenters. The van der Waals surface area contributed by atoms with E-state index in [2.05, 4.69) is 457 Å². The fourth-order valence-electron chi connectivity index (χ4n) is 17.5. The van der Waals surface area contributed by atoms with E-state index in [-0.39, 0.29) is 6.61 Å². The zero-order chi connectivity index (χ0) is 108. The molecular weight excluding hydrogens is 1630 g/mol. The Balaban J connectivity index is -0.000000185. The molecule has 0 aromatic heterocycles. The molecule has 11 nitrogen and oxygen atoms in total. The van der Waals surface area contributed by atoms with Crippen LogP contribution in [0.4, 0.5) is 0 Å². The molecule has 2 atom stereocenters. The molecule has 0 amide bonds. The van der Waals surface area contributed by atoms with E-state index in [0.29, 0.717) is 81.9 Å². The highest BCUT2D eigenvalue weighted by atomic mass is 16.3. The molecule has 1 fully saturated rings. The fraction of sp³-hybridized carbons (Fsp3) is 1.00. The molecule has 1 aliphatic carbocycles. The second kappa shape index (κ2) is 78.0. The van der Waals surface area contributed by atoms with Gasteiger partial charge in [0.25, 0.3) is 0 Å². The van der Waals surface area contributed by atoms with E-state index in [1.165, 1.54) is 260 Å². The van der Waals surface area contributed by atoms with E-state index in [1.54, 1.807) is 0 Å². The van der Waals surface area contributed by atoms with Gasteiger partial charge in [0.05, 0.1) is 6.61 Å². The Hall–Kier alpha value is -0.440. The smallest absolute Gasteiger partial charge is 0.0558 e. The predicted molar refractivity (Wildman–Crippen MR) is 624 cm³/mol. The number of rotatable bonds is 48. The summed E-state index contributed by atoms with van der Waals surface area (Å²) in [6.45, 7) is 171. The van der Waals surface area contributed by atoms with Crippen LogP contribution in [0, 0.1) is 93.6 Å². The number of hydrogen-bond acceptors (Lipinski definition) is 11. The van der Waals surface area contributed by atoms with Gasteiger partial charge in [-0.1, -0.05) is 407 Å². The Morgan fingerprint density at radius 3 is 0.746 bits per heavy atom. The van der Waals surface area contributed by atoms with Gasteiger partial charge in [0, 0.05) is 104 Å². The average Bonchev–Trinajstić information content (AvgIpc) is 1.75. The summed E-state index contributed by atoms with van der Waals surface area (Å²) in [7, 11) is 0. The van der Waals surface area contributed by atoms with Gasteiger partial charge in [-0.3, -0.25) is 0 Å². The monoisotopic (exact) mass is 1910 g/mol. The van der Waals surface area contributed by atoms with E-state index in [4.69, 9.17) is 5.11 Å². The molecule has 1 N–H and O–H groups in total. The van der Waals surface area contributed by atoms with Crippen molar-refractivity contribution in [3.63, 3.8) is 0 Å². The van der Waals surface area contributed by atoms with Crippen LogP contribution >= 0.6 is 0 Å². The standard InChI is InChI=1S/C16H35N.3C13H29N.C12H25N.2C12H27N.2C11H25N.C10H23NO/c1-9-17(13-16(6,7)8)11-10-14(2)12-15(3,4)5;1-8-14(11-13(5,6)7)10-9-12(2,3)4;1-8-9-14(10-12(2,3)4)11-13(5,6)7;1-7-9-12(3)10-14(8-2)11-13(4,5)6;1-5-8-13(9-11-6-7-11)10-12(2,3)4;1-8-13(9-11(2,3)4)10-12(5,6)7;1-6-8-10-13(9-7-2)11-12(3,4)5;1-7-8-12(10(2)3)9-11(4,5)6;1-6-8-12(9-7-2)10-11(3,4)5;1-5-6-11(7-8-12)9-10(2,3)4/h14H,9-13H2,1-8H3;2*8-11H2,1-7H3;12H,7-11H2,1-6H3;11H,5-10H2,1-4H3;8-10H2,1-7H3;6-11H2,1-5H3;10H,7-9H2,1-6H3;6-10H2,1-5H3;12H,5-9H2,1-4H3. The molecule has 11 heteroatoms. The number of aliphatic hydroxyl groups excluding tert-OH is 1. The van der Waals surface area contributed by atoms with Gasteiger partial charge in [0.1, 0.15) is 0 Å². The number of nitrogens with zero attached hydrogens (tertiary/aromatic N) is 10. The quantitative estimate of drug-likeness (QED) is 0.0634. The predicted octanol–water partition coefficient (Wildman–Crippen LogP) is 34.3. The summed E-state index contributed by atoms with van der Waals surface area (Å²) >= 11 is 0. The summed E-state index contributed by atoms with van der Waals surface area (Å²) in [6.07, 6.45) is 21.0. The van der Waals surface area contributed by atoms with Gasteiger partial charge < -0.3 is 54.1 Å². The highest BCUT2D eigenvalue weighted by molar-refractivity contribution is 4.83. The van der Waals surface area contributed by atoms with Crippen LogP contribution < -0.4 is 0 Å². The highest BCUT2D eigenvalue weighted by Gasteiger charge is 2.29. The molecule has 0 aromatic rings. The van der Waals surface area contributed by atoms with Crippen molar-refractivity contribution in [1.29, 1.82) is 0 Å². The molecule has 0 spiro atoms. The number of unbranched alkanes of at least 4 members (excludes halogenated alkanes) is 1. The van der Waals surface area contributed by atoms with Crippen LogP contribution in [0.3, 0.4) is 0 Å². The van der Waals surface area contributed by atoms with Crippen molar-refractivity contribution in [3.8, 4) is 0 Å². The minimum atomic E-state index is 0.274. The van der Waals surface area contributed by atoms with E-state index in [9.17, 15) is 0 Å².